The molecule has 2 aromatic heterocycles. The van der Waals surface area contributed by atoms with Crippen LogP contribution in [0, 0.1) is 5.92 Å². The Balaban J connectivity index is 1.55. The SMILES string of the molecule is O=C(C=CC(F)(F)F)N1CC[C@@H]2CCN(c3ncnc4[nH]ccc34)[C@@H]2C1. The van der Waals surface area contributed by atoms with Crippen molar-refractivity contribution in [1.29, 1.82) is 0 Å². The molecular weight excluding hydrogens is 347 g/mol. The third-order valence-electron chi connectivity index (χ3n) is 5.19. The van der Waals surface area contributed by atoms with Crippen LogP contribution in [0.25, 0.3) is 11.0 Å². The lowest BCUT2D eigenvalue weighted by Gasteiger charge is -2.38. The summed E-state index contributed by atoms with van der Waals surface area (Å²) in [5, 5.41) is 0.911. The molecule has 2 fully saturated rings. The maximum absolute atomic E-state index is 12.3. The summed E-state index contributed by atoms with van der Waals surface area (Å²) < 4.78 is 36.9. The third-order valence-corrected chi connectivity index (χ3v) is 5.19. The highest BCUT2D eigenvalue weighted by atomic mass is 19.4. The molecule has 2 aromatic rings. The lowest BCUT2D eigenvalue weighted by molar-refractivity contribution is -0.128. The Morgan fingerprint density at radius 2 is 2.08 bits per heavy atom. The normalized spacial score (nSPS) is 23.8. The molecule has 0 radical (unpaired) electrons. The van der Waals surface area contributed by atoms with Crippen LogP contribution < -0.4 is 4.90 Å². The van der Waals surface area contributed by atoms with Gasteiger partial charge in [-0.2, -0.15) is 13.2 Å². The highest BCUT2D eigenvalue weighted by Crippen LogP contribution is 2.36. The van der Waals surface area contributed by atoms with Crippen LogP contribution >= 0.6 is 0 Å². The second-order valence-corrected chi connectivity index (χ2v) is 6.69. The minimum Gasteiger partial charge on any atom is -0.351 e. The summed E-state index contributed by atoms with van der Waals surface area (Å²) in [4.78, 5) is 27.5. The lowest BCUT2D eigenvalue weighted by atomic mass is 9.92. The number of amides is 1. The number of halogens is 3. The van der Waals surface area contributed by atoms with Crippen LogP contribution in [0.1, 0.15) is 12.8 Å². The van der Waals surface area contributed by atoms with Crippen molar-refractivity contribution < 1.29 is 18.0 Å². The number of fused-ring (bicyclic) bond motifs is 2. The van der Waals surface area contributed by atoms with Crippen molar-refractivity contribution in [1.82, 2.24) is 19.9 Å². The molecule has 4 heterocycles. The summed E-state index contributed by atoms with van der Waals surface area (Å²) in [7, 11) is 0. The minimum atomic E-state index is -4.48. The van der Waals surface area contributed by atoms with E-state index < -0.39 is 12.1 Å². The summed E-state index contributed by atoms with van der Waals surface area (Å²) in [6.07, 6.45) is 1.22. The standard InChI is InChI=1S/C17H18F3N5O/c18-17(19,20)5-1-14(26)24-7-3-11-4-8-25(13(11)9-24)16-12-2-6-21-15(12)22-10-23-16/h1-2,5-6,10-11,13H,3-4,7-9H2,(H,21,22,23)/t11-,13-/m1/s1. The zero-order chi connectivity index (χ0) is 18.3. The van der Waals surface area contributed by atoms with Gasteiger partial charge in [-0.25, -0.2) is 9.97 Å². The van der Waals surface area contributed by atoms with Crippen molar-refractivity contribution in [2.24, 2.45) is 5.92 Å². The molecule has 0 spiro atoms. The van der Waals surface area contributed by atoms with Crippen LogP contribution in [0.2, 0.25) is 0 Å². The number of alkyl halides is 3. The number of allylic oxidation sites excluding steroid dienone is 1. The van der Waals surface area contributed by atoms with E-state index in [4.69, 9.17) is 0 Å². The average molecular weight is 365 g/mol. The molecule has 26 heavy (non-hydrogen) atoms. The zero-order valence-electron chi connectivity index (χ0n) is 13.9. The van der Waals surface area contributed by atoms with Gasteiger partial charge in [0.25, 0.3) is 0 Å². The number of hydrogen-bond acceptors (Lipinski definition) is 4. The fourth-order valence-corrected chi connectivity index (χ4v) is 3.96. The van der Waals surface area contributed by atoms with Crippen molar-refractivity contribution in [3.8, 4) is 0 Å². The van der Waals surface area contributed by atoms with Crippen LogP contribution in [-0.2, 0) is 4.79 Å². The van der Waals surface area contributed by atoms with Crippen molar-refractivity contribution in [3.63, 3.8) is 0 Å². The van der Waals surface area contributed by atoms with Gasteiger partial charge in [0.1, 0.15) is 17.8 Å². The first-order valence-electron chi connectivity index (χ1n) is 8.52. The number of anilines is 1. The largest absolute Gasteiger partial charge is 0.409 e. The number of nitrogens with one attached hydrogen (secondary N) is 1. The Bertz CT molecular complexity index is 846. The molecule has 0 aromatic carbocycles. The van der Waals surface area contributed by atoms with Gasteiger partial charge < -0.3 is 14.8 Å². The topological polar surface area (TPSA) is 65.1 Å². The molecule has 0 aliphatic carbocycles. The Hall–Kier alpha value is -2.58. The first-order valence-corrected chi connectivity index (χ1v) is 8.52. The molecule has 138 valence electrons. The van der Waals surface area contributed by atoms with E-state index in [0.717, 1.165) is 36.2 Å². The number of carbonyl (C=O) groups excluding carboxylic acids is 1. The van der Waals surface area contributed by atoms with Gasteiger partial charge in [0.2, 0.25) is 5.91 Å². The predicted molar refractivity (Wildman–Crippen MR) is 89.5 cm³/mol. The van der Waals surface area contributed by atoms with E-state index in [9.17, 15) is 18.0 Å². The highest BCUT2D eigenvalue weighted by molar-refractivity contribution is 5.89. The summed E-state index contributed by atoms with van der Waals surface area (Å²) >= 11 is 0. The van der Waals surface area contributed by atoms with Crippen molar-refractivity contribution in [3.05, 3.63) is 30.7 Å². The Morgan fingerprint density at radius 1 is 1.27 bits per heavy atom. The van der Waals surface area contributed by atoms with Gasteiger partial charge in [0, 0.05) is 38.0 Å². The van der Waals surface area contributed by atoms with Crippen LogP contribution in [0.5, 0.6) is 0 Å². The van der Waals surface area contributed by atoms with Gasteiger partial charge in [0.05, 0.1) is 11.4 Å². The molecule has 0 unspecified atom stereocenters. The number of aromatic amines is 1. The van der Waals surface area contributed by atoms with E-state index in [-0.39, 0.29) is 12.1 Å². The quantitative estimate of drug-likeness (QED) is 0.831. The lowest BCUT2D eigenvalue weighted by Crippen LogP contribution is -2.50. The Labute approximate surface area is 147 Å². The molecular formula is C17H18F3N5O. The Kier molecular flexibility index (Phi) is 4.08. The molecule has 2 aliphatic heterocycles. The van der Waals surface area contributed by atoms with E-state index >= 15 is 0 Å². The van der Waals surface area contributed by atoms with Gasteiger partial charge in [0.15, 0.2) is 0 Å². The first kappa shape index (κ1) is 16.9. The van der Waals surface area contributed by atoms with Crippen molar-refractivity contribution in [2.45, 2.75) is 25.1 Å². The number of likely N-dealkylation sites (tertiary alicyclic amines) is 1. The summed E-state index contributed by atoms with van der Waals surface area (Å²) in [6.45, 7) is 1.70. The maximum Gasteiger partial charge on any atom is 0.409 e. The van der Waals surface area contributed by atoms with Crippen LogP contribution in [0.15, 0.2) is 30.7 Å². The summed E-state index contributed by atoms with van der Waals surface area (Å²) in [5.41, 5.74) is 0.746. The number of hydrogen-bond donors (Lipinski definition) is 1. The van der Waals surface area contributed by atoms with Gasteiger partial charge in [-0.3, -0.25) is 4.79 Å². The molecule has 2 saturated heterocycles. The molecule has 0 saturated carbocycles. The van der Waals surface area contributed by atoms with Crippen LogP contribution in [0.4, 0.5) is 19.0 Å². The highest BCUT2D eigenvalue weighted by Gasteiger charge is 2.40. The average Bonchev–Trinajstić information content (AvgIpc) is 3.24. The second-order valence-electron chi connectivity index (χ2n) is 6.69. The van der Waals surface area contributed by atoms with Gasteiger partial charge in [-0.05, 0) is 24.8 Å². The number of H-pyrrole nitrogens is 1. The molecule has 1 amide bonds. The predicted octanol–water partition coefficient (Wildman–Crippen LogP) is 2.50. The van der Waals surface area contributed by atoms with Crippen molar-refractivity contribution in [2.75, 3.05) is 24.5 Å². The molecule has 9 heteroatoms. The summed E-state index contributed by atoms with van der Waals surface area (Å²) in [5.74, 6) is 0.626. The fraction of sp³-hybridized carbons (Fsp3) is 0.471. The van der Waals surface area contributed by atoms with E-state index in [1.807, 2.05) is 6.07 Å². The third kappa shape index (κ3) is 3.13. The van der Waals surface area contributed by atoms with E-state index in [1.165, 1.54) is 11.2 Å². The second kappa shape index (κ2) is 6.30. The molecule has 6 nitrogen and oxygen atoms in total. The number of nitrogens with zero attached hydrogens (tertiary/aromatic N) is 4. The minimum absolute atomic E-state index is 0.00159. The number of aromatic nitrogens is 3. The van der Waals surface area contributed by atoms with Crippen LogP contribution in [-0.4, -0.2) is 57.6 Å². The number of piperidine rings is 1. The van der Waals surface area contributed by atoms with Gasteiger partial charge in [-0.15, -0.1) is 0 Å². The number of rotatable bonds is 2. The first-order chi connectivity index (χ1) is 12.4. The Morgan fingerprint density at radius 3 is 2.88 bits per heavy atom. The molecule has 2 aliphatic rings. The van der Waals surface area contributed by atoms with Crippen LogP contribution in [0.3, 0.4) is 0 Å². The van der Waals surface area contributed by atoms with Crippen molar-refractivity contribution >= 4 is 22.8 Å². The molecule has 0 bridgehead atoms. The monoisotopic (exact) mass is 365 g/mol. The maximum atomic E-state index is 12.3. The van der Waals surface area contributed by atoms with E-state index in [1.54, 1.807) is 6.20 Å². The molecule has 2 atom stereocenters. The van der Waals surface area contributed by atoms with Gasteiger partial charge in [-0.1, -0.05) is 0 Å². The van der Waals surface area contributed by atoms with E-state index in [0.29, 0.717) is 25.1 Å². The zero-order valence-corrected chi connectivity index (χ0v) is 13.9. The number of carbonyl (C=O) groups is 1. The fourth-order valence-electron chi connectivity index (χ4n) is 3.96. The smallest absolute Gasteiger partial charge is 0.351 e. The molecule has 1 N–H and O–H groups in total. The molecule has 4 rings (SSSR count). The van der Waals surface area contributed by atoms with Gasteiger partial charge >= 0.3 is 6.18 Å². The van der Waals surface area contributed by atoms with E-state index in [2.05, 4.69) is 19.9 Å². The summed E-state index contributed by atoms with van der Waals surface area (Å²) in [6, 6.07) is 1.97.